The van der Waals surface area contributed by atoms with E-state index in [0.29, 0.717) is 12.4 Å². The number of pyridine rings is 1. The molecule has 0 aromatic carbocycles. The van der Waals surface area contributed by atoms with Crippen LogP contribution in [0.25, 0.3) is 0 Å². The number of rotatable bonds is 4. The Bertz CT molecular complexity index is 534. The molecule has 0 aliphatic rings. The number of carbonyl (C=O) groups is 1. The van der Waals surface area contributed by atoms with Crippen LogP contribution in [0.3, 0.4) is 0 Å². The van der Waals surface area contributed by atoms with E-state index in [1.807, 2.05) is 24.4 Å². The predicted octanol–water partition coefficient (Wildman–Crippen LogP) is 2.39. The van der Waals surface area contributed by atoms with Crippen molar-refractivity contribution in [2.45, 2.75) is 13.5 Å². The Morgan fingerprint density at radius 1 is 1.44 bits per heavy atom. The lowest BCUT2D eigenvalue weighted by Crippen LogP contribution is -2.22. The molecule has 0 saturated heterocycles. The van der Waals surface area contributed by atoms with Gasteiger partial charge in [0.2, 0.25) is 5.88 Å². The van der Waals surface area contributed by atoms with Gasteiger partial charge >= 0.3 is 0 Å². The summed E-state index contributed by atoms with van der Waals surface area (Å²) in [5.74, 6) is 0.525. The fourth-order valence-corrected chi connectivity index (χ4v) is 2.35. The fraction of sp³-hybridized carbons (Fsp3) is 0.231. The van der Waals surface area contributed by atoms with Crippen molar-refractivity contribution in [2.24, 2.45) is 0 Å². The lowest BCUT2D eigenvalue weighted by molar-refractivity contribution is 0.0954. The van der Waals surface area contributed by atoms with E-state index in [1.165, 1.54) is 11.3 Å². The number of thiophene rings is 1. The minimum Gasteiger partial charge on any atom is -0.481 e. The highest BCUT2D eigenvalue weighted by Gasteiger charge is 2.09. The summed E-state index contributed by atoms with van der Waals surface area (Å²) >= 11 is 1.45. The Morgan fingerprint density at radius 2 is 2.28 bits per heavy atom. The minimum absolute atomic E-state index is 0.0432. The number of nitrogens with one attached hydrogen (secondary N) is 1. The van der Waals surface area contributed by atoms with E-state index in [4.69, 9.17) is 4.74 Å². The highest BCUT2D eigenvalue weighted by molar-refractivity contribution is 7.12. The van der Waals surface area contributed by atoms with Gasteiger partial charge in [0.1, 0.15) is 0 Å². The number of aromatic nitrogens is 1. The molecule has 0 saturated carbocycles. The number of methoxy groups -OCH3 is 1. The summed E-state index contributed by atoms with van der Waals surface area (Å²) in [6.45, 7) is 2.40. The number of ether oxygens (including phenoxy) is 1. The zero-order chi connectivity index (χ0) is 13.0. The van der Waals surface area contributed by atoms with Crippen LogP contribution in [-0.2, 0) is 6.54 Å². The quantitative estimate of drug-likeness (QED) is 0.920. The van der Waals surface area contributed by atoms with Crippen molar-refractivity contribution in [3.05, 3.63) is 45.8 Å². The number of amides is 1. The normalized spacial score (nSPS) is 10.1. The van der Waals surface area contributed by atoms with Crippen molar-refractivity contribution in [1.82, 2.24) is 10.3 Å². The van der Waals surface area contributed by atoms with Crippen LogP contribution >= 0.6 is 11.3 Å². The van der Waals surface area contributed by atoms with Crippen molar-refractivity contribution < 1.29 is 9.53 Å². The molecule has 0 spiro atoms. The van der Waals surface area contributed by atoms with Crippen molar-refractivity contribution in [3.63, 3.8) is 0 Å². The number of hydrogen-bond acceptors (Lipinski definition) is 4. The van der Waals surface area contributed by atoms with E-state index in [0.717, 1.165) is 16.0 Å². The van der Waals surface area contributed by atoms with Crippen LogP contribution in [0.1, 0.15) is 20.8 Å². The van der Waals surface area contributed by atoms with Gasteiger partial charge < -0.3 is 10.1 Å². The van der Waals surface area contributed by atoms with Gasteiger partial charge in [-0.2, -0.15) is 0 Å². The van der Waals surface area contributed by atoms with Gasteiger partial charge in [-0.1, -0.05) is 6.07 Å². The molecular weight excluding hydrogens is 248 g/mol. The van der Waals surface area contributed by atoms with Gasteiger partial charge in [-0.05, 0) is 29.5 Å². The van der Waals surface area contributed by atoms with Crippen molar-refractivity contribution in [3.8, 4) is 5.88 Å². The summed E-state index contributed by atoms with van der Waals surface area (Å²) in [5.41, 5.74) is 1.95. The van der Waals surface area contributed by atoms with Crippen LogP contribution in [0.5, 0.6) is 5.88 Å². The zero-order valence-electron chi connectivity index (χ0n) is 10.3. The lowest BCUT2D eigenvalue weighted by atomic mass is 10.2. The summed E-state index contributed by atoms with van der Waals surface area (Å²) in [5, 5.41) is 4.79. The van der Waals surface area contributed by atoms with E-state index in [-0.39, 0.29) is 5.91 Å². The van der Waals surface area contributed by atoms with E-state index in [2.05, 4.69) is 10.3 Å². The summed E-state index contributed by atoms with van der Waals surface area (Å²) in [6, 6.07) is 5.60. The summed E-state index contributed by atoms with van der Waals surface area (Å²) in [6.07, 6.45) is 1.69. The fourth-order valence-electron chi connectivity index (χ4n) is 1.50. The van der Waals surface area contributed by atoms with E-state index in [1.54, 1.807) is 19.4 Å². The maximum Gasteiger partial charge on any atom is 0.261 e. The molecule has 0 bridgehead atoms. The van der Waals surface area contributed by atoms with Crippen LogP contribution in [0.2, 0.25) is 0 Å². The molecule has 2 aromatic rings. The first-order valence-electron chi connectivity index (χ1n) is 5.52. The van der Waals surface area contributed by atoms with Gasteiger partial charge in [0, 0.05) is 18.8 Å². The lowest BCUT2D eigenvalue weighted by Gasteiger charge is -2.05. The maximum absolute atomic E-state index is 11.9. The Morgan fingerprint density at radius 3 is 2.83 bits per heavy atom. The monoisotopic (exact) mass is 262 g/mol. The van der Waals surface area contributed by atoms with Crippen molar-refractivity contribution >= 4 is 17.2 Å². The average molecular weight is 262 g/mol. The molecule has 0 aliphatic heterocycles. The van der Waals surface area contributed by atoms with Gasteiger partial charge in [0.15, 0.2) is 0 Å². The molecule has 5 heteroatoms. The molecule has 0 radical (unpaired) electrons. The van der Waals surface area contributed by atoms with Crippen molar-refractivity contribution in [2.75, 3.05) is 7.11 Å². The standard InChI is InChI=1S/C13H14N2O2S/c1-9-5-6-18-12(9)13(16)15-8-10-3-4-11(17-2)14-7-10/h3-7H,8H2,1-2H3,(H,15,16). The summed E-state index contributed by atoms with van der Waals surface area (Å²) < 4.78 is 4.97. The molecular formula is C13H14N2O2S. The molecule has 0 atom stereocenters. The number of aryl methyl sites for hydroxylation is 1. The van der Waals surface area contributed by atoms with Gasteiger partial charge in [0.05, 0.1) is 12.0 Å². The van der Waals surface area contributed by atoms with E-state index in [9.17, 15) is 4.79 Å². The van der Waals surface area contributed by atoms with Crippen LogP contribution in [0, 0.1) is 6.92 Å². The largest absolute Gasteiger partial charge is 0.481 e. The molecule has 94 valence electrons. The molecule has 2 heterocycles. The molecule has 4 nitrogen and oxygen atoms in total. The molecule has 1 amide bonds. The second-order valence-electron chi connectivity index (χ2n) is 3.82. The topological polar surface area (TPSA) is 51.2 Å². The van der Waals surface area contributed by atoms with Gasteiger partial charge in [0.25, 0.3) is 5.91 Å². The number of nitrogens with zero attached hydrogens (tertiary/aromatic N) is 1. The Hall–Kier alpha value is -1.88. The highest BCUT2D eigenvalue weighted by Crippen LogP contribution is 2.15. The van der Waals surface area contributed by atoms with E-state index < -0.39 is 0 Å². The molecule has 2 aromatic heterocycles. The first-order chi connectivity index (χ1) is 8.70. The number of carbonyl (C=O) groups excluding carboxylic acids is 1. The molecule has 18 heavy (non-hydrogen) atoms. The number of hydrogen-bond donors (Lipinski definition) is 1. The Labute approximate surface area is 110 Å². The highest BCUT2D eigenvalue weighted by atomic mass is 32.1. The first-order valence-corrected chi connectivity index (χ1v) is 6.40. The second-order valence-corrected chi connectivity index (χ2v) is 4.74. The molecule has 0 fully saturated rings. The summed E-state index contributed by atoms with van der Waals surface area (Å²) in [7, 11) is 1.57. The second kappa shape index (κ2) is 5.64. The molecule has 0 unspecified atom stereocenters. The third-order valence-electron chi connectivity index (χ3n) is 2.53. The zero-order valence-corrected chi connectivity index (χ0v) is 11.1. The first kappa shape index (κ1) is 12.6. The van der Waals surface area contributed by atoms with Crippen molar-refractivity contribution in [1.29, 1.82) is 0 Å². The Balaban J connectivity index is 1.95. The SMILES string of the molecule is COc1ccc(CNC(=O)c2sccc2C)cn1. The van der Waals surface area contributed by atoms with E-state index >= 15 is 0 Å². The Kier molecular flexibility index (Phi) is 3.94. The predicted molar refractivity (Wildman–Crippen MR) is 71.0 cm³/mol. The van der Waals surface area contributed by atoms with Gasteiger partial charge in [-0.15, -0.1) is 11.3 Å². The third kappa shape index (κ3) is 2.87. The molecule has 0 aliphatic carbocycles. The van der Waals surface area contributed by atoms with Crippen LogP contribution in [0.4, 0.5) is 0 Å². The minimum atomic E-state index is -0.0432. The van der Waals surface area contributed by atoms with Crippen LogP contribution < -0.4 is 10.1 Å². The van der Waals surface area contributed by atoms with Gasteiger partial charge in [-0.3, -0.25) is 4.79 Å². The van der Waals surface area contributed by atoms with Gasteiger partial charge in [-0.25, -0.2) is 4.98 Å². The van der Waals surface area contributed by atoms with Crippen LogP contribution in [-0.4, -0.2) is 18.0 Å². The molecule has 2 rings (SSSR count). The van der Waals surface area contributed by atoms with Crippen LogP contribution in [0.15, 0.2) is 29.8 Å². The maximum atomic E-state index is 11.9. The average Bonchev–Trinajstić information content (AvgIpc) is 2.83. The smallest absolute Gasteiger partial charge is 0.261 e. The molecule has 1 N–H and O–H groups in total. The third-order valence-corrected chi connectivity index (χ3v) is 3.54. The summed E-state index contributed by atoms with van der Waals surface area (Å²) in [4.78, 5) is 16.7.